The predicted octanol–water partition coefficient (Wildman–Crippen LogP) is 3.29. The van der Waals surface area contributed by atoms with E-state index < -0.39 is 0 Å². The van der Waals surface area contributed by atoms with Crippen LogP contribution < -0.4 is 5.73 Å². The van der Waals surface area contributed by atoms with Gasteiger partial charge in [-0.1, -0.05) is 41.1 Å². The lowest BCUT2D eigenvalue weighted by molar-refractivity contribution is 0.0669. The Kier molecular flexibility index (Phi) is 4.49. The molecule has 5 heteroatoms. The van der Waals surface area contributed by atoms with Crippen LogP contribution in [0, 0.1) is 12.3 Å². The molecule has 0 atom stereocenters. The zero-order valence-electron chi connectivity index (χ0n) is 11.8. The summed E-state index contributed by atoms with van der Waals surface area (Å²) in [5.74, 6) is 0.0915. The van der Waals surface area contributed by atoms with Gasteiger partial charge in [-0.15, -0.1) is 0 Å². The van der Waals surface area contributed by atoms with Crippen molar-refractivity contribution in [2.75, 3.05) is 13.1 Å². The van der Waals surface area contributed by atoms with Crippen molar-refractivity contribution >= 4 is 39.0 Å². The van der Waals surface area contributed by atoms with Crippen molar-refractivity contribution < 1.29 is 4.79 Å². The molecule has 20 heavy (non-hydrogen) atoms. The highest BCUT2D eigenvalue weighted by Crippen LogP contribution is 2.32. The minimum Gasteiger partial charge on any atom is -0.393 e. The van der Waals surface area contributed by atoms with Crippen LogP contribution in [0.15, 0.2) is 22.7 Å². The molecule has 0 radical (unpaired) electrons. The molecule has 1 saturated heterocycles. The molecule has 0 bridgehead atoms. The van der Waals surface area contributed by atoms with E-state index in [1.54, 1.807) is 0 Å². The third kappa shape index (κ3) is 3.04. The van der Waals surface area contributed by atoms with Crippen LogP contribution in [0.2, 0.25) is 0 Å². The quantitative estimate of drug-likeness (QED) is 0.828. The molecule has 1 heterocycles. The maximum absolute atomic E-state index is 12.6. The SMILES string of the molecule is Cc1ccc(Br)cc1C(=O)N1CCC(C)(C(N)=S)CC1. The Morgan fingerprint density at radius 3 is 2.55 bits per heavy atom. The fourth-order valence-electron chi connectivity index (χ4n) is 2.44. The van der Waals surface area contributed by atoms with Crippen molar-refractivity contribution in [3.63, 3.8) is 0 Å². The Bertz CT molecular complexity index is 551. The van der Waals surface area contributed by atoms with Crippen molar-refractivity contribution in [3.05, 3.63) is 33.8 Å². The van der Waals surface area contributed by atoms with E-state index in [2.05, 4.69) is 22.9 Å². The molecule has 3 nitrogen and oxygen atoms in total. The number of rotatable bonds is 2. The first kappa shape index (κ1) is 15.4. The molecule has 0 aliphatic carbocycles. The van der Waals surface area contributed by atoms with Gasteiger partial charge in [0.2, 0.25) is 0 Å². The molecule has 0 spiro atoms. The zero-order valence-corrected chi connectivity index (χ0v) is 14.2. The number of nitrogens with zero attached hydrogens (tertiary/aromatic N) is 1. The van der Waals surface area contributed by atoms with E-state index >= 15 is 0 Å². The lowest BCUT2D eigenvalue weighted by Gasteiger charge is -2.38. The minimum absolute atomic E-state index is 0.0915. The monoisotopic (exact) mass is 354 g/mol. The van der Waals surface area contributed by atoms with Crippen LogP contribution in [-0.4, -0.2) is 28.9 Å². The molecule has 0 saturated carbocycles. The van der Waals surface area contributed by atoms with Gasteiger partial charge in [-0.3, -0.25) is 4.79 Å². The van der Waals surface area contributed by atoms with Crippen LogP contribution in [0.5, 0.6) is 0 Å². The zero-order chi connectivity index (χ0) is 14.9. The van der Waals surface area contributed by atoms with Crippen molar-refractivity contribution in [2.45, 2.75) is 26.7 Å². The summed E-state index contributed by atoms with van der Waals surface area (Å²) < 4.78 is 0.927. The van der Waals surface area contributed by atoms with Crippen LogP contribution >= 0.6 is 28.1 Å². The van der Waals surface area contributed by atoms with E-state index in [9.17, 15) is 4.79 Å². The van der Waals surface area contributed by atoms with Crippen molar-refractivity contribution in [1.82, 2.24) is 4.90 Å². The summed E-state index contributed by atoms with van der Waals surface area (Å²) in [5.41, 5.74) is 7.45. The molecular weight excluding hydrogens is 336 g/mol. The van der Waals surface area contributed by atoms with Gasteiger partial charge in [0.1, 0.15) is 0 Å². The van der Waals surface area contributed by atoms with E-state index in [0.717, 1.165) is 28.4 Å². The van der Waals surface area contributed by atoms with Gasteiger partial charge in [-0.25, -0.2) is 0 Å². The average Bonchev–Trinajstić information content (AvgIpc) is 2.41. The lowest BCUT2D eigenvalue weighted by atomic mass is 9.80. The fourth-order valence-corrected chi connectivity index (χ4v) is 3.01. The first-order chi connectivity index (χ1) is 9.33. The Morgan fingerprint density at radius 1 is 1.40 bits per heavy atom. The molecule has 1 aromatic carbocycles. The lowest BCUT2D eigenvalue weighted by Crippen LogP contribution is -2.46. The number of benzene rings is 1. The number of amides is 1. The van der Waals surface area contributed by atoms with E-state index in [1.165, 1.54) is 0 Å². The van der Waals surface area contributed by atoms with Gasteiger partial charge in [-0.05, 0) is 37.5 Å². The summed E-state index contributed by atoms with van der Waals surface area (Å²) in [4.78, 5) is 15.1. The summed E-state index contributed by atoms with van der Waals surface area (Å²) in [5, 5.41) is 0. The molecule has 1 aromatic rings. The van der Waals surface area contributed by atoms with E-state index in [4.69, 9.17) is 18.0 Å². The molecule has 0 aromatic heterocycles. The maximum atomic E-state index is 12.6. The van der Waals surface area contributed by atoms with Crippen LogP contribution in [0.25, 0.3) is 0 Å². The molecule has 2 rings (SSSR count). The number of thiocarbonyl (C=S) groups is 1. The molecule has 2 N–H and O–H groups in total. The highest BCUT2D eigenvalue weighted by molar-refractivity contribution is 9.10. The number of nitrogens with two attached hydrogens (primary N) is 1. The van der Waals surface area contributed by atoms with Crippen molar-refractivity contribution in [1.29, 1.82) is 0 Å². The average molecular weight is 355 g/mol. The fraction of sp³-hybridized carbons (Fsp3) is 0.467. The molecule has 108 valence electrons. The van der Waals surface area contributed by atoms with E-state index in [-0.39, 0.29) is 11.3 Å². The second-order valence-corrected chi connectivity index (χ2v) is 7.03. The Hall–Kier alpha value is -0.940. The first-order valence-electron chi connectivity index (χ1n) is 6.69. The van der Waals surface area contributed by atoms with Gasteiger partial charge in [0.25, 0.3) is 5.91 Å². The number of hydrogen-bond acceptors (Lipinski definition) is 2. The summed E-state index contributed by atoms with van der Waals surface area (Å²) in [7, 11) is 0. The molecule has 1 aliphatic rings. The van der Waals surface area contributed by atoms with Crippen LogP contribution in [-0.2, 0) is 0 Å². The predicted molar refractivity (Wildman–Crippen MR) is 88.9 cm³/mol. The van der Waals surface area contributed by atoms with E-state index in [0.29, 0.717) is 18.1 Å². The normalized spacial score (nSPS) is 17.9. The summed E-state index contributed by atoms with van der Waals surface area (Å²) in [6.07, 6.45) is 1.67. The highest BCUT2D eigenvalue weighted by atomic mass is 79.9. The Morgan fingerprint density at radius 2 is 2.00 bits per heavy atom. The van der Waals surface area contributed by atoms with Crippen molar-refractivity contribution in [3.8, 4) is 0 Å². The largest absolute Gasteiger partial charge is 0.393 e. The summed E-state index contributed by atoms with van der Waals surface area (Å²) in [6, 6.07) is 5.80. The standard InChI is InChI=1S/C15H19BrN2OS/c1-10-3-4-11(16)9-12(10)13(19)18-7-5-15(2,6-8-18)14(17)20/h3-4,9H,5-8H2,1-2H3,(H2,17,20). The van der Waals surface area contributed by atoms with Gasteiger partial charge in [0.05, 0.1) is 4.99 Å². The molecule has 1 amide bonds. The third-order valence-corrected chi connectivity index (χ3v) is 5.17. The first-order valence-corrected chi connectivity index (χ1v) is 7.89. The number of aryl methyl sites for hydroxylation is 1. The van der Waals surface area contributed by atoms with Gasteiger partial charge < -0.3 is 10.6 Å². The van der Waals surface area contributed by atoms with Gasteiger partial charge >= 0.3 is 0 Å². The topological polar surface area (TPSA) is 46.3 Å². The number of halogens is 1. The Labute approximate surface area is 133 Å². The highest BCUT2D eigenvalue weighted by Gasteiger charge is 2.34. The third-order valence-electron chi connectivity index (χ3n) is 4.18. The molecule has 1 aliphatic heterocycles. The minimum atomic E-state index is -0.113. The molecule has 0 unspecified atom stereocenters. The molecular formula is C15H19BrN2OS. The molecule has 1 fully saturated rings. The number of carbonyl (C=O) groups excluding carboxylic acids is 1. The van der Waals surface area contributed by atoms with E-state index in [1.807, 2.05) is 30.0 Å². The number of hydrogen-bond donors (Lipinski definition) is 1. The summed E-state index contributed by atoms with van der Waals surface area (Å²) >= 11 is 8.55. The number of likely N-dealkylation sites (tertiary alicyclic amines) is 1. The number of carbonyl (C=O) groups is 1. The van der Waals surface area contributed by atoms with Gasteiger partial charge in [0.15, 0.2) is 0 Å². The smallest absolute Gasteiger partial charge is 0.254 e. The maximum Gasteiger partial charge on any atom is 0.254 e. The van der Waals surface area contributed by atoms with Gasteiger partial charge in [0, 0.05) is 28.5 Å². The Balaban J connectivity index is 2.13. The van der Waals surface area contributed by atoms with Gasteiger partial charge in [-0.2, -0.15) is 0 Å². The van der Waals surface area contributed by atoms with Crippen molar-refractivity contribution in [2.24, 2.45) is 11.1 Å². The van der Waals surface area contributed by atoms with Crippen LogP contribution in [0.3, 0.4) is 0 Å². The van der Waals surface area contributed by atoms with Crippen LogP contribution in [0.4, 0.5) is 0 Å². The number of piperidine rings is 1. The van der Waals surface area contributed by atoms with Crippen LogP contribution in [0.1, 0.15) is 35.7 Å². The second kappa shape index (κ2) is 5.82. The second-order valence-electron chi connectivity index (χ2n) is 5.68. The summed E-state index contributed by atoms with van der Waals surface area (Å²) in [6.45, 7) is 5.46.